The molecule has 1 saturated heterocycles. The molecule has 2 rings (SSSR count). The van der Waals surface area contributed by atoms with E-state index in [-0.39, 0.29) is 23.2 Å². The lowest BCUT2D eigenvalue weighted by molar-refractivity contribution is -0.383. The van der Waals surface area contributed by atoms with Gasteiger partial charge in [0, 0.05) is 19.5 Å². The Morgan fingerprint density at radius 3 is 2.60 bits per heavy atom. The van der Waals surface area contributed by atoms with Crippen molar-refractivity contribution >= 4 is 23.0 Å². The maximum Gasteiger partial charge on any atom is 0.315 e. The molecule has 1 amide bonds. The molecule has 1 heterocycles. The highest BCUT2D eigenvalue weighted by molar-refractivity contribution is 5.76. The molecule has 108 valence electrons. The van der Waals surface area contributed by atoms with E-state index in [0.29, 0.717) is 25.2 Å². The molecule has 1 aromatic rings. The Balaban J connectivity index is 2.13. The number of carbonyl (C=O) groups is 1. The first-order valence-corrected chi connectivity index (χ1v) is 6.55. The van der Waals surface area contributed by atoms with E-state index in [9.17, 15) is 14.9 Å². The fourth-order valence-electron chi connectivity index (χ4n) is 2.67. The van der Waals surface area contributed by atoms with Gasteiger partial charge in [0.15, 0.2) is 0 Å². The van der Waals surface area contributed by atoms with Crippen molar-refractivity contribution in [1.82, 2.24) is 0 Å². The van der Waals surface area contributed by atoms with Crippen molar-refractivity contribution < 1.29 is 9.72 Å². The second-order valence-corrected chi connectivity index (χ2v) is 5.07. The lowest BCUT2D eigenvalue weighted by Gasteiger charge is -2.32. The minimum absolute atomic E-state index is 0.0409. The van der Waals surface area contributed by atoms with Gasteiger partial charge in [-0.25, -0.2) is 0 Å². The summed E-state index contributed by atoms with van der Waals surface area (Å²) in [5, 5.41) is 11.1. The molecule has 0 radical (unpaired) electrons. The van der Waals surface area contributed by atoms with E-state index in [1.807, 2.05) is 4.90 Å². The largest absolute Gasteiger partial charge is 0.393 e. The second-order valence-electron chi connectivity index (χ2n) is 5.07. The van der Waals surface area contributed by atoms with Crippen LogP contribution in [0, 0.1) is 16.0 Å². The highest BCUT2D eigenvalue weighted by atomic mass is 16.6. The molecular weight excluding hydrogens is 260 g/mol. The number of primary amides is 1. The van der Waals surface area contributed by atoms with Gasteiger partial charge in [-0.05, 0) is 30.9 Å². The second kappa shape index (κ2) is 5.77. The number of nitrogen functional groups attached to an aromatic ring is 1. The van der Waals surface area contributed by atoms with Crippen LogP contribution in [0.25, 0.3) is 0 Å². The van der Waals surface area contributed by atoms with Crippen LogP contribution in [0.1, 0.15) is 19.3 Å². The van der Waals surface area contributed by atoms with E-state index in [2.05, 4.69) is 0 Å². The molecule has 0 saturated carbocycles. The molecule has 0 unspecified atom stereocenters. The standard InChI is InChI=1S/C13H18N4O3/c14-10-2-1-3-11(13(10)17(19)20)16-6-4-9(5-7-16)8-12(15)18/h1-3,9H,4-8,14H2,(H2,15,18). The van der Waals surface area contributed by atoms with Crippen molar-refractivity contribution in [2.24, 2.45) is 11.7 Å². The van der Waals surface area contributed by atoms with Crippen molar-refractivity contribution in [1.29, 1.82) is 0 Å². The van der Waals surface area contributed by atoms with Gasteiger partial charge in [0.2, 0.25) is 5.91 Å². The van der Waals surface area contributed by atoms with Gasteiger partial charge in [-0.15, -0.1) is 0 Å². The molecule has 7 nitrogen and oxygen atoms in total. The lowest BCUT2D eigenvalue weighted by Crippen LogP contribution is -2.35. The first kappa shape index (κ1) is 14.1. The minimum Gasteiger partial charge on any atom is -0.393 e. The predicted molar refractivity (Wildman–Crippen MR) is 76.3 cm³/mol. The maximum absolute atomic E-state index is 11.1. The Morgan fingerprint density at radius 2 is 2.05 bits per heavy atom. The van der Waals surface area contributed by atoms with E-state index in [0.717, 1.165) is 12.8 Å². The molecule has 0 spiro atoms. The van der Waals surface area contributed by atoms with Crippen molar-refractivity contribution in [3.05, 3.63) is 28.3 Å². The number of nitrogens with zero attached hydrogens (tertiary/aromatic N) is 2. The Kier molecular flexibility index (Phi) is 4.07. The SMILES string of the molecule is NC(=O)CC1CCN(c2cccc(N)c2[N+](=O)[O-])CC1. The van der Waals surface area contributed by atoms with Crippen LogP contribution in [0.3, 0.4) is 0 Å². The molecular formula is C13H18N4O3. The normalized spacial score (nSPS) is 16.1. The summed E-state index contributed by atoms with van der Waals surface area (Å²) in [4.78, 5) is 23.5. The summed E-state index contributed by atoms with van der Waals surface area (Å²) in [5.74, 6) is -0.0257. The summed E-state index contributed by atoms with van der Waals surface area (Å²) < 4.78 is 0. The van der Waals surface area contributed by atoms with Gasteiger partial charge in [-0.3, -0.25) is 14.9 Å². The first-order valence-electron chi connectivity index (χ1n) is 6.55. The molecule has 0 bridgehead atoms. The molecule has 20 heavy (non-hydrogen) atoms. The molecule has 0 aromatic heterocycles. The Bertz CT molecular complexity index is 524. The number of nitro groups is 1. The quantitative estimate of drug-likeness (QED) is 0.489. The number of rotatable bonds is 4. The van der Waals surface area contributed by atoms with Crippen LogP contribution in [-0.4, -0.2) is 23.9 Å². The Morgan fingerprint density at radius 1 is 1.40 bits per heavy atom. The number of nitrogens with two attached hydrogens (primary N) is 2. The van der Waals surface area contributed by atoms with E-state index in [4.69, 9.17) is 11.5 Å². The number of piperidine rings is 1. The number of benzene rings is 1. The number of amides is 1. The van der Waals surface area contributed by atoms with E-state index < -0.39 is 4.92 Å². The van der Waals surface area contributed by atoms with Gasteiger partial charge in [0.05, 0.1) is 4.92 Å². The van der Waals surface area contributed by atoms with Crippen LogP contribution >= 0.6 is 0 Å². The Labute approximate surface area is 116 Å². The van der Waals surface area contributed by atoms with Gasteiger partial charge in [0.1, 0.15) is 11.4 Å². The number of hydrogen-bond donors (Lipinski definition) is 2. The fraction of sp³-hybridized carbons (Fsp3) is 0.462. The van der Waals surface area contributed by atoms with E-state index in [1.165, 1.54) is 6.07 Å². The minimum atomic E-state index is -0.444. The first-order chi connectivity index (χ1) is 9.49. The van der Waals surface area contributed by atoms with Crippen LogP contribution in [0.4, 0.5) is 17.1 Å². The Hall–Kier alpha value is -2.31. The van der Waals surface area contributed by atoms with Crippen LogP contribution in [0.5, 0.6) is 0 Å². The lowest BCUT2D eigenvalue weighted by atomic mass is 9.93. The third-order valence-corrected chi connectivity index (χ3v) is 3.67. The summed E-state index contributed by atoms with van der Waals surface area (Å²) in [6, 6.07) is 4.96. The zero-order valence-corrected chi connectivity index (χ0v) is 11.1. The van der Waals surface area contributed by atoms with Gasteiger partial charge >= 0.3 is 5.69 Å². The number of anilines is 2. The van der Waals surface area contributed by atoms with Crippen LogP contribution in [0.2, 0.25) is 0 Å². The fourth-order valence-corrected chi connectivity index (χ4v) is 2.67. The molecule has 7 heteroatoms. The summed E-state index contributed by atoms with van der Waals surface area (Å²) >= 11 is 0. The van der Waals surface area contributed by atoms with Crippen molar-refractivity contribution in [2.45, 2.75) is 19.3 Å². The topological polar surface area (TPSA) is 115 Å². The average molecular weight is 278 g/mol. The molecule has 1 fully saturated rings. The summed E-state index contributed by atoms with van der Waals surface area (Å²) in [5.41, 5.74) is 11.6. The summed E-state index contributed by atoms with van der Waals surface area (Å²) in [7, 11) is 0. The van der Waals surface area contributed by atoms with Crippen LogP contribution in [0.15, 0.2) is 18.2 Å². The summed E-state index contributed by atoms with van der Waals surface area (Å²) in [6.45, 7) is 1.34. The maximum atomic E-state index is 11.1. The highest BCUT2D eigenvalue weighted by Gasteiger charge is 2.26. The van der Waals surface area contributed by atoms with E-state index in [1.54, 1.807) is 12.1 Å². The molecule has 1 aromatic carbocycles. The highest BCUT2D eigenvalue weighted by Crippen LogP contribution is 2.35. The van der Waals surface area contributed by atoms with E-state index >= 15 is 0 Å². The van der Waals surface area contributed by atoms with Crippen LogP contribution in [-0.2, 0) is 4.79 Å². The number of nitro benzene ring substituents is 1. The zero-order chi connectivity index (χ0) is 14.7. The number of carbonyl (C=O) groups excluding carboxylic acids is 1. The monoisotopic (exact) mass is 278 g/mol. The predicted octanol–water partition coefficient (Wildman–Crippen LogP) is 1.27. The molecule has 0 atom stereocenters. The van der Waals surface area contributed by atoms with Crippen molar-refractivity contribution in [2.75, 3.05) is 23.7 Å². The molecule has 4 N–H and O–H groups in total. The van der Waals surface area contributed by atoms with Crippen molar-refractivity contribution in [3.63, 3.8) is 0 Å². The third kappa shape index (κ3) is 2.98. The summed E-state index contributed by atoms with van der Waals surface area (Å²) in [6.07, 6.45) is 1.98. The average Bonchev–Trinajstić information content (AvgIpc) is 2.38. The molecule has 1 aliphatic rings. The number of hydrogen-bond acceptors (Lipinski definition) is 5. The molecule has 0 aliphatic carbocycles. The van der Waals surface area contributed by atoms with Gasteiger partial charge in [-0.1, -0.05) is 6.07 Å². The van der Waals surface area contributed by atoms with Gasteiger partial charge in [-0.2, -0.15) is 0 Å². The van der Waals surface area contributed by atoms with Gasteiger partial charge in [0.25, 0.3) is 0 Å². The smallest absolute Gasteiger partial charge is 0.315 e. The van der Waals surface area contributed by atoms with Crippen molar-refractivity contribution in [3.8, 4) is 0 Å². The number of para-hydroxylation sites is 1. The van der Waals surface area contributed by atoms with Crippen LogP contribution < -0.4 is 16.4 Å². The van der Waals surface area contributed by atoms with Gasteiger partial charge < -0.3 is 16.4 Å². The molecule has 1 aliphatic heterocycles. The third-order valence-electron chi connectivity index (χ3n) is 3.67. The zero-order valence-electron chi connectivity index (χ0n) is 11.1.